The Morgan fingerprint density at radius 2 is 1.85 bits per heavy atom. The maximum absolute atomic E-state index is 12.4. The molecule has 0 aliphatic carbocycles. The number of rotatable bonds is 7. The predicted molar refractivity (Wildman–Crippen MR) is 101 cm³/mol. The quantitative estimate of drug-likeness (QED) is 0.443. The molecule has 0 radical (unpaired) electrons. The van der Waals surface area contributed by atoms with Gasteiger partial charge in [0.05, 0.1) is 25.0 Å². The van der Waals surface area contributed by atoms with Crippen LogP contribution in [0.3, 0.4) is 0 Å². The van der Waals surface area contributed by atoms with Crippen LogP contribution in [0.1, 0.15) is 17.3 Å². The number of nitriles is 1. The number of carbonyl (C=O) groups excluding carboxylic acids is 2. The van der Waals surface area contributed by atoms with Crippen molar-refractivity contribution >= 4 is 23.3 Å². The molecular weight excluding hydrogens is 346 g/mol. The first-order valence-electron chi connectivity index (χ1n) is 8.17. The summed E-state index contributed by atoms with van der Waals surface area (Å²) in [4.78, 5) is 24.1. The maximum Gasteiger partial charge on any atom is 0.339 e. The van der Waals surface area contributed by atoms with Gasteiger partial charge in [0, 0.05) is 11.9 Å². The molecule has 2 aromatic rings. The minimum absolute atomic E-state index is 0.149. The second kappa shape index (κ2) is 9.63. The number of nitrogens with zero attached hydrogens (tertiary/aromatic N) is 1. The lowest BCUT2D eigenvalue weighted by molar-refractivity contribution is -0.112. The van der Waals surface area contributed by atoms with E-state index < -0.39 is 11.9 Å². The van der Waals surface area contributed by atoms with Gasteiger partial charge in [-0.1, -0.05) is 12.1 Å². The molecule has 27 heavy (non-hydrogen) atoms. The minimum Gasteiger partial charge on any atom is -0.494 e. The molecule has 0 fully saturated rings. The fraction of sp³-hybridized carbons (Fsp3) is 0.150. The smallest absolute Gasteiger partial charge is 0.339 e. The summed E-state index contributed by atoms with van der Waals surface area (Å²) in [5.74, 6) is -0.502. The maximum atomic E-state index is 12.4. The standard InChI is InChI=1S/C20H19N3O4/c1-3-27-16-10-8-15(9-11-16)22-13-14(12-21)19(24)23-18-7-5-4-6-17(18)20(25)26-2/h4-11,13,22H,3H2,1-2H3,(H,23,24)/b14-13-. The van der Waals surface area contributed by atoms with Crippen molar-refractivity contribution < 1.29 is 19.1 Å². The second-order valence-corrected chi connectivity index (χ2v) is 5.26. The molecule has 2 N–H and O–H groups in total. The van der Waals surface area contributed by atoms with Gasteiger partial charge in [-0.2, -0.15) is 5.26 Å². The molecule has 7 heteroatoms. The van der Waals surface area contributed by atoms with Crippen LogP contribution < -0.4 is 15.4 Å². The molecule has 1 amide bonds. The monoisotopic (exact) mass is 365 g/mol. The Morgan fingerprint density at radius 3 is 2.48 bits per heavy atom. The van der Waals surface area contributed by atoms with Crippen molar-refractivity contribution in [2.45, 2.75) is 6.92 Å². The van der Waals surface area contributed by atoms with Crippen LogP contribution in [0, 0.1) is 11.3 Å². The van der Waals surface area contributed by atoms with Gasteiger partial charge in [0.15, 0.2) is 0 Å². The normalized spacial score (nSPS) is 10.5. The number of carbonyl (C=O) groups is 2. The highest BCUT2D eigenvalue weighted by Gasteiger charge is 2.15. The van der Waals surface area contributed by atoms with Crippen LogP contribution in [0.15, 0.2) is 60.3 Å². The summed E-state index contributed by atoms with van der Waals surface area (Å²) in [5.41, 5.74) is 0.999. The van der Waals surface area contributed by atoms with Gasteiger partial charge in [-0.05, 0) is 43.3 Å². The first kappa shape index (κ1) is 19.5. The summed E-state index contributed by atoms with van der Waals surface area (Å²) in [6.07, 6.45) is 1.30. The average Bonchev–Trinajstić information content (AvgIpc) is 2.69. The van der Waals surface area contributed by atoms with Crippen LogP contribution in [0.2, 0.25) is 0 Å². The molecule has 0 unspecified atom stereocenters. The Bertz CT molecular complexity index is 883. The van der Waals surface area contributed by atoms with Crippen LogP contribution in [0.25, 0.3) is 0 Å². The highest BCUT2D eigenvalue weighted by molar-refractivity contribution is 6.09. The van der Waals surface area contributed by atoms with E-state index in [1.165, 1.54) is 19.4 Å². The van der Waals surface area contributed by atoms with E-state index in [1.54, 1.807) is 42.5 Å². The summed E-state index contributed by atoms with van der Waals surface area (Å²) >= 11 is 0. The zero-order valence-electron chi connectivity index (χ0n) is 15.0. The van der Waals surface area contributed by atoms with Gasteiger partial charge < -0.3 is 20.1 Å². The SMILES string of the molecule is CCOc1ccc(N/C=C(/C#N)C(=O)Nc2ccccc2C(=O)OC)cc1. The number of benzene rings is 2. The third-order valence-electron chi connectivity index (χ3n) is 3.49. The third kappa shape index (κ3) is 5.34. The molecule has 0 heterocycles. The number of hydrogen-bond acceptors (Lipinski definition) is 6. The Hall–Kier alpha value is -3.79. The van der Waals surface area contributed by atoms with Gasteiger partial charge in [-0.3, -0.25) is 4.79 Å². The fourth-order valence-corrected chi connectivity index (χ4v) is 2.19. The number of methoxy groups -OCH3 is 1. The number of esters is 1. The van der Waals surface area contributed by atoms with Crippen molar-refractivity contribution in [3.8, 4) is 11.8 Å². The molecule has 2 aromatic carbocycles. The van der Waals surface area contributed by atoms with E-state index >= 15 is 0 Å². The Labute approximate surface area is 157 Å². The van der Waals surface area contributed by atoms with E-state index in [9.17, 15) is 14.9 Å². The van der Waals surface area contributed by atoms with Crippen molar-refractivity contribution in [2.24, 2.45) is 0 Å². The van der Waals surface area contributed by atoms with Crippen LogP contribution >= 0.6 is 0 Å². The summed E-state index contributed by atoms with van der Waals surface area (Å²) < 4.78 is 10.0. The van der Waals surface area contributed by atoms with Gasteiger partial charge >= 0.3 is 5.97 Å². The van der Waals surface area contributed by atoms with Gasteiger partial charge in [0.25, 0.3) is 5.91 Å². The van der Waals surface area contributed by atoms with E-state index in [2.05, 4.69) is 15.4 Å². The van der Waals surface area contributed by atoms with Gasteiger partial charge in [0.2, 0.25) is 0 Å². The Morgan fingerprint density at radius 1 is 1.15 bits per heavy atom. The zero-order chi connectivity index (χ0) is 19.6. The molecule has 0 aromatic heterocycles. The van der Waals surface area contributed by atoms with Crippen molar-refractivity contribution in [3.05, 3.63) is 65.9 Å². The first-order valence-corrected chi connectivity index (χ1v) is 8.17. The minimum atomic E-state index is -0.646. The predicted octanol–water partition coefficient (Wildman–Crippen LogP) is 3.33. The number of nitrogens with one attached hydrogen (secondary N) is 2. The van der Waals surface area contributed by atoms with Crippen LogP contribution in [0.5, 0.6) is 5.75 Å². The second-order valence-electron chi connectivity index (χ2n) is 5.26. The molecule has 7 nitrogen and oxygen atoms in total. The summed E-state index contributed by atoms with van der Waals surface area (Å²) in [6.45, 7) is 2.46. The molecule has 0 spiro atoms. The molecular formula is C20H19N3O4. The van der Waals surface area contributed by atoms with E-state index in [0.29, 0.717) is 12.3 Å². The molecule has 0 aliphatic rings. The van der Waals surface area contributed by atoms with Crippen molar-refractivity contribution in [3.63, 3.8) is 0 Å². The number of ether oxygens (including phenoxy) is 2. The third-order valence-corrected chi connectivity index (χ3v) is 3.49. The number of para-hydroxylation sites is 1. The average molecular weight is 365 g/mol. The topological polar surface area (TPSA) is 100 Å². The summed E-state index contributed by atoms with van der Waals surface area (Å²) in [5, 5.41) is 14.7. The summed E-state index contributed by atoms with van der Waals surface area (Å²) in [7, 11) is 1.25. The lowest BCUT2D eigenvalue weighted by Gasteiger charge is -2.09. The number of hydrogen-bond donors (Lipinski definition) is 2. The van der Waals surface area contributed by atoms with Crippen LogP contribution in [-0.2, 0) is 9.53 Å². The van der Waals surface area contributed by atoms with E-state index in [0.717, 1.165) is 5.75 Å². The zero-order valence-corrected chi connectivity index (χ0v) is 15.0. The lowest BCUT2D eigenvalue weighted by atomic mass is 10.1. The molecule has 2 rings (SSSR count). The molecule has 138 valence electrons. The van der Waals surface area contributed by atoms with Crippen molar-refractivity contribution in [1.82, 2.24) is 0 Å². The van der Waals surface area contributed by atoms with Gasteiger partial charge in [0.1, 0.15) is 17.4 Å². The van der Waals surface area contributed by atoms with Gasteiger partial charge in [-0.15, -0.1) is 0 Å². The van der Waals surface area contributed by atoms with E-state index in [-0.39, 0.29) is 16.8 Å². The molecule has 0 bridgehead atoms. The molecule has 0 saturated heterocycles. The van der Waals surface area contributed by atoms with Crippen molar-refractivity contribution in [1.29, 1.82) is 5.26 Å². The van der Waals surface area contributed by atoms with Crippen LogP contribution in [-0.4, -0.2) is 25.6 Å². The van der Waals surface area contributed by atoms with E-state index in [4.69, 9.17) is 4.74 Å². The summed E-state index contributed by atoms with van der Waals surface area (Å²) in [6, 6.07) is 15.3. The van der Waals surface area contributed by atoms with Crippen molar-refractivity contribution in [2.75, 3.05) is 24.4 Å². The Kier molecular flexibility index (Phi) is 6.97. The highest BCUT2D eigenvalue weighted by Crippen LogP contribution is 2.18. The van der Waals surface area contributed by atoms with E-state index in [1.807, 2.05) is 13.0 Å². The van der Waals surface area contributed by atoms with Gasteiger partial charge in [-0.25, -0.2) is 4.79 Å². The number of amides is 1. The Balaban J connectivity index is 2.11. The molecule has 0 aliphatic heterocycles. The van der Waals surface area contributed by atoms with Crippen LogP contribution in [0.4, 0.5) is 11.4 Å². The first-order chi connectivity index (χ1) is 13.1. The fourth-order valence-electron chi connectivity index (χ4n) is 2.19. The highest BCUT2D eigenvalue weighted by atomic mass is 16.5. The number of anilines is 2. The molecule has 0 saturated carbocycles. The molecule has 0 atom stereocenters. The lowest BCUT2D eigenvalue weighted by Crippen LogP contribution is -2.17. The largest absolute Gasteiger partial charge is 0.494 e.